The zero-order valence-electron chi connectivity index (χ0n) is 16.2. The third-order valence-corrected chi connectivity index (χ3v) is 5.50. The fourth-order valence-electron chi connectivity index (χ4n) is 3.90. The molecule has 9 nitrogen and oxygen atoms in total. The van der Waals surface area contributed by atoms with Gasteiger partial charge in [0.25, 0.3) is 0 Å². The molecule has 0 saturated carbocycles. The van der Waals surface area contributed by atoms with Gasteiger partial charge in [0.2, 0.25) is 0 Å². The Morgan fingerprint density at radius 2 is 2.07 bits per heavy atom. The van der Waals surface area contributed by atoms with Crippen LogP contribution in [0.4, 0.5) is 20.6 Å². The monoisotopic (exact) mass is 409 g/mol. The molecule has 2 saturated heterocycles. The smallest absolute Gasteiger partial charge is 0.414 e. The highest BCUT2D eigenvalue weighted by molar-refractivity contribution is 5.90. The number of hydrogen-bond acceptors (Lipinski definition) is 7. The summed E-state index contributed by atoms with van der Waals surface area (Å²) in [5.41, 5.74) is 1.12. The van der Waals surface area contributed by atoms with E-state index in [1.165, 1.54) is 21.8 Å². The number of halogens is 1. The molecule has 0 bridgehead atoms. The molecule has 4 rings (SSSR count). The van der Waals surface area contributed by atoms with E-state index in [9.17, 15) is 9.18 Å². The first kappa shape index (κ1) is 19.6. The maximum atomic E-state index is 14.8. The predicted molar refractivity (Wildman–Crippen MR) is 104 cm³/mol. The van der Waals surface area contributed by atoms with Crippen molar-refractivity contribution in [2.75, 3.05) is 29.4 Å². The van der Waals surface area contributed by atoms with Crippen LogP contribution in [0.25, 0.3) is 0 Å². The highest BCUT2D eigenvalue weighted by Gasteiger charge is 2.33. The Kier molecular flexibility index (Phi) is 5.48. The second-order valence-electron chi connectivity index (χ2n) is 7.48. The molecule has 3 heterocycles. The van der Waals surface area contributed by atoms with Gasteiger partial charge in [0.1, 0.15) is 18.0 Å². The van der Waals surface area contributed by atoms with E-state index < -0.39 is 18.0 Å². The van der Waals surface area contributed by atoms with E-state index in [2.05, 4.69) is 16.4 Å². The van der Waals surface area contributed by atoms with Crippen molar-refractivity contribution in [1.29, 1.82) is 10.5 Å². The van der Waals surface area contributed by atoms with Crippen molar-refractivity contribution in [1.82, 2.24) is 15.0 Å². The number of cyclic esters (lactones) is 1. The minimum atomic E-state index is -0.551. The normalized spacial score (nSPS) is 19.4. The maximum absolute atomic E-state index is 14.8. The molecule has 2 aliphatic heterocycles. The van der Waals surface area contributed by atoms with Crippen molar-refractivity contribution in [2.45, 2.75) is 31.9 Å². The van der Waals surface area contributed by atoms with Gasteiger partial charge in [-0.1, -0.05) is 5.21 Å². The molecule has 2 aromatic rings. The Morgan fingerprint density at radius 3 is 2.73 bits per heavy atom. The molecule has 0 spiro atoms. The second kappa shape index (κ2) is 8.37. The summed E-state index contributed by atoms with van der Waals surface area (Å²) < 4.78 is 21.6. The molecule has 0 N–H and O–H groups in total. The lowest BCUT2D eigenvalue weighted by atomic mass is 9.94. The van der Waals surface area contributed by atoms with E-state index in [4.69, 9.17) is 15.3 Å². The number of anilines is 2. The van der Waals surface area contributed by atoms with Crippen molar-refractivity contribution in [2.24, 2.45) is 5.92 Å². The number of benzene rings is 1. The Hall–Kier alpha value is -3.66. The molecule has 1 aromatic heterocycles. The van der Waals surface area contributed by atoms with Gasteiger partial charge in [-0.05, 0) is 37.0 Å². The van der Waals surface area contributed by atoms with Crippen LogP contribution in [-0.4, -0.2) is 46.8 Å². The molecule has 30 heavy (non-hydrogen) atoms. The Balaban J connectivity index is 1.41. The second-order valence-corrected chi connectivity index (χ2v) is 7.48. The number of carbonyl (C=O) groups is 1. The van der Waals surface area contributed by atoms with Crippen LogP contribution in [0.15, 0.2) is 24.4 Å². The van der Waals surface area contributed by atoms with E-state index in [0.29, 0.717) is 36.8 Å². The standard InChI is InChI=1S/C20H20FN7O2/c21-18-9-16(1-2-19(18)26-7-4-14(3-6-22)5-8-26)28-13-17(30-20(28)29)12-27-11-15(10-23)24-25-27/h1-2,9,11,14,17H,3-5,7-8,12-13H2/t17-/m0/s1. The molecular weight excluding hydrogens is 389 g/mol. The Labute approximate surface area is 172 Å². The first-order chi connectivity index (χ1) is 14.6. The first-order valence-corrected chi connectivity index (χ1v) is 9.77. The average molecular weight is 409 g/mol. The quantitative estimate of drug-likeness (QED) is 0.746. The minimum Gasteiger partial charge on any atom is -0.442 e. The number of piperidine rings is 1. The fourth-order valence-corrected chi connectivity index (χ4v) is 3.90. The zero-order chi connectivity index (χ0) is 21.1. The number of carbonyl (C=O) groups excluding carboxylic acids is 1. The van der Waals surface area contributed by atoms with Crippen molar-refractivity contribution in [3.05, 3.63) is 35.9 Å². The molecule has 2 aliphatic rings. The predicted octanol–water partition coefficient (Wildman–Crippen LogP) is 2.44. The van der Waals surface area contributed by atoms with Gasteiger partial charge in [0, 0.05) is 19.5 Å². The molecule has 10 heteroatoms. The molecular formula is C20H20FN7O2. The summed E-state index contributed by atoms with van der Waals surface area (Å²) in [6, 6.07) is 8.85. The van der Waals surface area contributed by atoms with Gasteiger partial charge in [0.15, 0.2) is 5.69 Å². The van der Waals surface area contributed by atoms with Crippen LogP contribution in [0.5, 0.6) is 0 Å². The first-order valence-electron chi connectivity index (χ1n) is 9.77. The summed E-state index contributed by atoms with van der Waals surface area (Å²) in [7, 11) is 0. The van der Waals surface area contributed by atoms with Crippen molar-refractivity contribution >= 4 is 17.5 Å². The largest absolute Gasteiger partial charge is 0.442 e. The number of rotatable bonds is 5. The highest BCUT2D eigenvalue weighted by Crippen LogP contribution is 2.31. The van der Waals surface area contributed by atoms with Crippen molar-refractivity contribution in [3.8, 4) is 12.1 Å². The van der Waals surface area contributed by atoms with Gasteiger partial charge < -0.3 is 9.64 Å². The molecule has 0 radical (unpaired) electrons. The lowest BCUT2D eigenvalue weighted by molar-refractivity contribution is 0.129. The van der Waals surface area contributed by atoms with Crippen molar-refractivity contribution in [3.63, 3.8) is 0 Å². The van der Waals surface area contributed by atoms with Gasteiger partial charge in [0.05, 0.1) is 36.7 Å². The summed E-state index contributed by atoms with van der Waals surface area (Å²) in [5, 5.41) is 25.1. The van der Waals surface area contributed by atoms with Crippen LogP contribution in [0.1, 0.15) is 25.0 Å². The SMILES string of the molecule is N#CCC1CCN(c2ccc(N3C[C@H](Cn4cc(C#N)nn4)OC3=O)cc2F)CC1. The fraction of sp³-hybridized carbons (Fsp3) is 0.450. The molecule has 1 atom stereocenters. The number of aromatic nitrogens is 3. The lowest BCUT2D eigenvalue weighted by Gasteiger charge is -2.33. The summed E-state index contributed by atoms with van der Waals surface area (Å²) in [5.74, 6) is -0.0171. The number of nitrogens with zero attached hydrogens (tertiary/aromatic N) is 7. The van der Waals surface area contributed by atoms with Crippen LogP contribution in [0, 0.1) is 34.4 Å². The zero-order valence-corrected chi connectivity index (χ0v) is 16.2. The number of nitriles is 2. The molecule has 1 aromatic carbocycles. The summed E-state index contributed by atoms with van der Waals surface area (Å²) >= 11 is 0. The summed E-state index contributed by atoms with van der Waals surface area (Å²) in [6.07, 6.45) is 2.72. The average Bonchev–Trinajstić information content (AvgIpc) is 3.35. The number of ether oxygens (including phenoxy) is 1. The Morgan fingerprint density at radius 1 is 1.27 bits per heavy atom. The molecule has 0 unspecified atom stereocenters. The van der Waals surface area contributed by atoms with Gasteiger partial charge >= 0.3 is 6.09 Å². The van der Waals surface area contributed by atoms with Gasteiger partial charge in [-0.2, -0.15) is 10.5 Å². The van der Waals surface area contributed by atoms with Gasteiger partial charge in [-0.15, -0.1) is 5.10 Å². The third-order valence-electron chi connectivity index (χ3n) is 5.50. The molecule has 154 valence electrons. The van der Waals surface area contributed by atoms with Crippen LogP contribution < -0.4 is 9.80 Å². The number of amides is 1. The molecule has 1 amide bonds. The lowest BCUT2D eigenvalue weighted by Crippen LogP contribution is -2.34. The van der Waals surface area contributed by atoms with Crippen molar-refractivity contribution < 1.29 is 13.9 Å². The van der Waals surface area contributed by atoms with E-state index in [0.717, 1.165) is 12.8 Å². The summed E-state index contributed by atoms with van der Waals surface area (Å²) in [6.45, 7) is 1.92. The van der Waals surface area contributed by atoms with Crippen LogP contribution in [0.3, 0.4) is 0 Å². The summed E-state index contributed by atoms with van der Waals surface area (Å²) in [4.78, 5) is 15.6. The highest BCUT2D eigenvalue weighted by atomic mass is 19.1. The van der Waals surface area contributed by atoms with Crippen LogP contribution in [0.2, 0.25) is 0 Å². The maximum Gasteiger partial charge on any atom is 0.414 e. The minimum absolute atomic E-state index is 0.186. The van der Waals surface area contributed by atoms with Gasteiger partial charge in [-0.25, -0.2) is 13.9 Å². The van der Waals surface area contributed by atoms with Crippen LogP contribution >= 0.6 is 0 Å². The van der Waals surface area contributed by atoms with E-state index in [1.807, 2.05) is 11.0 Å². The number of hydrogen-bond donors (Lipinski definition) is 0. The Bertz CT molecular complexity index is 1020. The van der Waals surface area contributed by atoms with E-state index in [-0.39, 0.29) is 18.8 Å². The molecule has 0 aliphatic carbocycles. The van der Waals surface area contributed by atoms with Crippen LogP contribution in [-0.2, 0) is 11.3 Å². The topological polar surface area (TPSA) is 111 Å². The molecule has 2 fully saturated rings. The van der Waals surface area contributed by atoms with Gasteiger partial charge in [-0.3, -0.25) is 4.90 Å². The van der Waals surface area contributed by atoms with E-state index >= 15 is 0 Å². The third kappa shape index (κ3) is 4.03. The van der Waals surface area contributed by atoms with E-state index in [1.54, 1.807) is 12.1 Å².